The molecule has 9 heteroatoms. The van der Waals surface area contributed by atoms with Crippen LogP contribution in [0.1, 0.15) is 34.1 Å². The highest BCUT2D eigenvalue weighted by Crippen LogP contribution is 2.40. The van der Waals surface area contributed by atoms with Crippen LogP contribution in [-0.4, -0.2) is 28.7 Å². The molecule has 0 aliphatic carbocycles. The van der Waals surface area contributed by atoms with E-state index in [2.05, 4.69) is 36.8 Å². The zero-order valence-electron chi connectivity index (χ0n) is 20.7. The molecule has 1 N–H and O–H groups in total. The van der Waals surface area contributed by atoms with Gasteiger partial charge in [-0.05, 0) is 57.9 Å². The highest BCUT2D eigenvalue weighted by molar-refractivity contribution is 9.10. The first kappa shape index (κ1) is 25.3. The van der Waals surface area contributed by atoms with Crippen LogP contribution in [0, 0.1) is 0 Å². The average molecular weight is 647 g/mol. The number of carbonyl (C=O) groups excluding carboxylic acids is 1. The Morgan fingerprint density at radius 3 is 2.51 bits per heavy atom. The van der Waals surface area contributed by atoms with Crippen LogP contribution in [0.3, 0.4) is 0 Å². The minimum absolute atomic E-state index is 0.131. The summed E-state index contributed by atoms with van der Waals surface area (Å²) in [6, 6.07) is 25.7. The second kappa shape index (κ2) is 10.3. The number of methoxy groups -OCH3 is 1. The van der Waals surface area contributed by atoms with E-state index in [1.165, 1.54) is 5.01 Å². The van der Waals surface area contributed by atoms with Crippen molar-refractivity contribution in [1.82, 2.24) is 9.99 Å². The summed E-state index contributed by atoms with van der Waals surface area (Å²) in [5, 5.41) is 7.04. The second-order valence-corrected chi connectivity index (χ2v) is 10.7. The summed E-state index contributed by atoms with van der Waals surface area (Å²) in [6.07, 6.45) is 0.302. The molecule has 39 heavy (non-hydrogen) atoms. The maximum absolute atomic E-state index is 13.7. The van der Waals surface area contributed by atoms with E-state index in [0.717, 1.165) is 26.5 Å². The molecule has 194 valence electrons. The van der Waals surface area contributed by atoms with E-state index in [9.17, 15) is 9.59 Å². The molecule has 2 aromatic heterocycles. The van der Waals surface area contributed by atoms with Gasteiger partial charge in [-0.25, -0.2) is 5.01 Å². The van der Waals surface area contributed by atoms with Crippen molar-refractivity contribution in [3.05, 3.63) is 121 Å². The number of hydrogen-bond donors (Lipinski definition) is 1. The number of fused-ring (bicyclic) bond motifs is 1. The van der Waals surface area contributed by atoms with Crippen LogP contribution in [0.5, 0.6) is 5.75 Å². The SMILES string of the molecule is COc1ccccc1[C@H]1CC(c2c(-c3ccccc3)c3cc(Br)ccc3[nH]c2=O)=NN1C(=O)c1ccc(Br)o1. The van der Waals surface area contributed by atoms with Gasteiger partial charge in [-0.2, -0.15) is 5.10 Å². The number of nitrogens with zero attached hydrogens (tertiary/aromatic N) is 2. The zero-order valence-corrected chi connectivity index (χ0v) is 23.8. The number of H-pyrrole nitrogens is 1. The van der Waals surface area contributed by atoms with Crippen LogP contribution in [0.2, 0.25) is 0 Å². The smallest absolute Gasteiger partial charge is 0.310 e. The summed E-state index contributed by atoms with van der Waals surface area (Å²) >= 11 is 6.85. The van der Waals surface area contributed by atoms with Gasteiger partial charge in [0.25, 0.3) is 5.56 Å². The number of nitrogens with one attached hydrogen (secondary N) is 1. The molecule has 0 saturated heterocycles. The Labute approximate surface area is 240 Å². The van der Waals surface area contributed by atoms with Gasteiger partial charge in [0.05, 0.1) is 24.4 Å². The number of hydrogen-bond acceptors (Lipinski definition) is 5. The Bertz CT molecular complexity index is 1810. The first-order chi connectivity index (χ1) is 18.9. The van der Waals surface area contributed by atoms with Gasteiger partial charge in [0, 0.05) is 32.9 Å². The second-order valence-electron chi connectivity index (χ2n) is 9.02. The topological polar surface area (TPSA) is 87.9 Å². The Kier molecular flexibility index (Phi) is 6.70. The summed E-state index contributed by atoms with van der Waals surface area (Å²) in [7, 11) is 1.59. The van der Waals surface area contributed by atoms with Crippen LogP contribution >= 0.6 is 31.9 Å². The summed E-state index contributed by atoms with van der Waals surface area (Å²) in [6.45, 7) is 0. The number of furan rings is 1. The summed E-state index contributed by atoms with van der Waals surface area (Å²) < 4.78 is 12.5. The van der Waals surface area contributed by atoms with E-state index in [4.69, 9.17) is 14.3 Å². The van der Waals surface area contributed by atoms with Gasteiger partial charge < -0.3 is 14.1 Å². The number of para-hydroxylation sites is 1. The average Bonchev–Trinajstić information content (AvgIpc) is 3.59. The van der Waals surface area contributed by atoms with Crippen molar-refractivity contribution in [2.24, 2.45) is 5.10 Å². The van der Waals surface area contributed by atoms with Gasteiger partial charge in [0.15, 0.2) is 10.4 Å². The van der Waals surface area contributed by atoms with Crippen LogP contribution < -0.4 is 10.3 Å². The van der Waals surface area contributed by atoms with E-state index >= 15 is 0 Å². The van der Waals surface area contributed by atoms with Gasteiger partial charge in [-0.3, -0.25) is 9.59 Å². The fourth-order valence-electron chi connectivity index (χ4n) is 5.02. The minimum Gasteiger partial charge on any atom is -0.496 e. The Morgan fingerprint density at radius 2 is 1.77 bits per heavy atom. The maximum Gasteiger partial charge on any atom is 0.310 e. The molecule has 0 spiro atoms. The molecule has 1 atom stereocenters. The number of ether oxygens (including phenoxy) is 1. The minimum atomic E-state index is -0.520. The number of rotatable bonds is 5. The number of hydrazone groups is 1. The predicted octanol–water partition coefficient (Wildman–Crippen LogP) is 7.31. The lowest BCUT2D eigenvalue weighted by atomic mass is 9.91. The molecule has 0 bridgehead atoms. The lowest BCUT2D eigenvalue weighted by molar-refractivity contribution is 0.0675. The molecule has 0 saturated carbocycles. The molecule has 6 rings (SSSR count). The molecule has 0 fully saturated rings. The molecule has 3 aromatic carbocycles. The number of halogens is 2. The van der Waals surface area contributed by atoms with Gasteiger partial charge in [-0.15, -0.1) is 0 Å². The molecule has 1 aliphatic heterocycles. The normalized spacial score (nSPS) is 15.0. The van der Waals surface area contributed by atoms with Crippen molar-refractivity contribution in [3.8, 4) is 16.9 Å². The fraction of sp³-hybridized carbons (Fsp3) is 0.100. The van der Waals surface area contributed by atoms with E-state index in [0.29, 0.717) is 33.6 Å². The van der Waals surface area contributed by atoms with Gasteiger partial charge in [0.2, 0.25) is 0 Å². The molecule has 0 radical (unpaired) electrons. The molecule has 5 aromatic rings. The first-order valence-corrected chi connectivity index (χ1v) is 13.7. The number of carbonyl (C=O) groups is 1. The maximum atomic E-state index is 13.7. The number of aromatic amines is 1. The highest BCUT2D eigenvalue weighted by Gasteiger charge is 2.38. The molecule has 3 heterocycles. The lowest BCUT2D eigenvalue weighted by Gasteiger charge is -2.22. The summed E-state index contributed by atoms with van der Waals surface area (Å²) in [5.41, 5.74) is 3.74. The zero-order chi connectivity index (χ0) is 27.1. The lowest BCUT2D eigenvalue weighted by Crippen LogP contribution is -2.27. The van der Waals surface area contributed by atoms with Gasteiger partial charge in [0.1, 0.15) is 5.75 Å². The van der Waals surface area contributed by atoms with Gasteiger partial charge >= 0.3 is 5.91 Å². The van der Waals surface area contributed by atoms with E-state index in [-0.39, 0.29) is 11.3 Å². The quantitative estimate of drug-likeness (QED) is 0.217. The third kappa shape index (κ3) is 4.62. The Morgan fingerprint density at radius 1 is 1.00 bits per heavy atom. The van der Waals surface area contributed by atoms with Crippen molar-refractivity contribution in [2.45, 2.75) is 12.5 Å². The Balaban J connectivity index is 1.58. The largest absolute Gasteiger partial charge is 0.496 e. The third-order valence-corrected chi connectivity index (χ3v) is 7.65. The Hall–Kier alpha value is -3.95. The van der Waals surface area contributed by atoms with E-state index in [1.54, 1.807) is 19.2 Å². The fourth-order valence-corrected chi connectivity index (χ4v) is 5.69. The molecular weight excluding hydrogens is 626 g/mol. The number of benzene rings is 3. The molecule has 1 amide bonds. The summed E-state index contributed by atoms with van der Waals surface area (Å²) in [4.78, 5) is 30.4. The van der Waals surface area contributed by atoms with Crippen LogP contribution in [0.4, 0.5) is 0 Å². The van der Waals surface area contributed by atoms with Crippen molar-refractivity contribution in [2.75, 3.05) is 7.11 Å². The molecule has 1 aliphatic rings. The van der Waals surface area contributed by atoms with Gasteiger partial charge in [-0.1, -0.05) is 64.5 Å². The monoisotopic (exact) mass is 645 g/mol. The van der Waals surface area contributed by atoms with Crippen molar-refractivity contribution in [3.63, 3.8) is 0 Å². The highest BCUT2D eigenvalue weighted by atomic mass is 79.9. The summed E-state index contributed by atoms with van der Waals surface area (Å²) in [5.74, 6) is 0.330. The standard InChI is InChI=1S/C30H21Br2N3O4/c1-38-24-10-6-5-9-19(24)23-16-22(34-35(23)30(37)25-13-14-26(32)39-25)28-27(17-7-3-2-4-8-17)20-15-18(31)11-12-21(20)33-29(28)36/h2-15,23H,16H2,1H3,(H,33,36)/t23-/m1/s1. The van der Waals surface area contributed by atoms with Crippen molar-refractivity contribution in [1.29, 1.82) is 0 Å². The van der Waals surface area contributed by atoms with Crippen LogP contribution in [-0.2, 0) is 0 Å². The van der Waals surface area contributed by atoms with Crippen molar-refractivity contribution < 1.29 is 13.9 Å². The van der Waals surface area contributed by atoms with E-state index < -0.39 is 11.9 Å². The molecule has 0 unspecified atom stereocenters. The molecular formula is C30H21Br2N3O4. The molecule has 7 nitrogen and oxygen atoms in total. The van der Waals surface area contributed by atoms with Crippen molar-refractivity contribution >= 4 is 54.4 Å². The number of pyridine rings is 1. The number of amides is 1. The van der Waals surface area contributed by atoms with Crippen LogP contribution in [0.15, 0.2) is 108 Å². The van der Waals surface area contributed by atoms with E-state index in [1.807, 2.05) is 72.8 Å². The van der Waals surface area contributed by atoms with Crippen LogP contribution in [0.25, 0.3) is 22.0 Å². The first-order valence-electron chi connectivity index (χ1n) is 12.1. The third-order valence-electron chi connectivity index (χ3n) is 6.73. The number of aromatic nitrogens is 1. The predicted molar refractivity (Wildman–Crippen MR) is 157 cm³/mol.